The van der Waals surface area contributed by atoms with E-state index in [0.29, 0.717) is 19.6 Å². The van der Waals surface area contributed by atoms with E-state index in [2.05, 4.69) is 10.6 Å². The number of hydrogen-bond donors (Lipinski definition) is 2. The van der Waals surface area contributed by atoms with Crippen molar-refractivity contribution in [1.29, 1.82) is 0 Å². The summed E-state index contributed by atoms with van der Waals surface area (Å²) in [6.45, 7) is 7.27. The second kappa shape index (κ2) is 8.48. The average Bonchev–Trinajstić information content (AvgIpc) is 2.45. The van der Waals surface area contributed by atoms with Gasteiger partial charge in [0.2, 0.25) is 0 Å². The summed E-state index contributed by atoms with van der Waals surface area (Å²) in [4.78, 5) is 11.5. The zero-order valence-corrected chi connectivity index (χ0v) is 14.0. The molecule has 22 heavy (non-hydrogen) atoms. The van der Waals surface area contributed by atoms with Crippen LogP contribution in [0, 0.1) is 0 Å². The Bertz CT molecular complexity index is 484. The lowest BCUT2D eigenvalue weighted by atomic mass is 10.2. The highest BCUT2D eigenvalue weighted by atomic mass is 16.6. The van der Waals surface area contributed by atoms with Gasteiger partial charge in [-0.05, 0) is 26.8 Å². The molecule has 0 bridgehead atoms. The zero-order chi connectivity index (χ0) is 16.6. The van der Waals surface area contributed by atoms with Crippen LogP contribution in [0.5, 0.6) is 11.5 Å². The first-order valence-corrected chi connectivity index (χ1v) is 7.24. The fourth-order valence-corrected chi connectivity index (χ4v) is 1.79. The molecule has 1 amide bonds. The van der Waals surface area contributed by atoms with Crippen LogP contribution < -0.4 is 20.1 Å². The lowest BCUT2D eigenvalue weighted by Crippen LogP contribution is -2.36. The molecular weight excluding hydrogens is 284 g/mol. The van der Waals surface area contributed by atoms with Crippen LogP contribution in [0.4, 0.5) is 4.79 Å². The van der Waals surface area contributed by atoms with Gasteiger partial charge in [0.05, 0.1) is 14.2 Å². The van der Waals surface area contributed by atoms with Crippen molar-refractivity contribution in [1.82, 2.24) is 10.6 Å². The summed E-state index contributed by atoms with van der Waals surface area (Å²) in [5.41, 5.74) is 0.550. The largest absolute Gasteiger partial charge is 0.497 e. The quantitative estimate of drug-likeness (QED) is 0.757. The van der Waals surface area contributed by atoms with Crippen LogP contribution in [-0.4, -0.2) is 39.0 Å². The molecule has 0 radical (unpaired) electrons. The summed E-state index contributed by atoms with van der Waals surface area (Å²) < 4.78 is 15.6. The molecule has 0 saturated carbocycles. The molecule has 124 valence electrons. The normalized spacial score (nSPS) is 11.0. The number of rotatable bonds is 7. The van der Waals surface area contributed by atoms with Crippen molar-refractivity contribution in [3.63, 3.8) is 0 Å². The topological polar surface area (TPSA) is 68.8 Å². The molecule has 0 unspecified atom stereocenters. The highest BCUT2D eigenvalue weighted by Crippen LogP contribution is 2.24. The Morgan fingerprint density at radius 3 is 2.45 bits per heavy atom. The number of amides is 1. The number of alkyl carbamates (subject to hydrolysis) is 1. The highest BCUT2D eigenvalue weighted by molar-refractivity contribution is 5.67. The predicted molar refractivity (Wildman–Crippen MR) is 85.5 cm³/mol. The molecule has 0 aliphatic heterocycles. The molecule has 2 N–H and O–H groups in total. The molecule has 6 heteroatoms. The van der Waals surface area contributed by atoms with Crippen molar-refractivity contribution in [2.75, 3.05) is 27.3 Å². The molecule has 0 fully saturated rings. The van der Waals surface area contributed by atoms with E-state index in [1.807, 2.05) is 39.0 Å². The van der Waals surface area contributed by atoms with Gasteiger partial charge in [0, 0.05) is 31.3 Å². The molecule has 0 atom stereocenters. The van der Waals surface area contributed by atoms with Crippen molar-refractivity contribution in [3.05, 3.63) is 23.8 Å². The van der Waals surface area contributed by atoms with Crippen LogP contribution in [0.25, 0.3) is 0 Å². The number of carbonyl (C=O) groups excluding carboxylic acids is 1. The van der Waals surface area contributed by atoms with Gasteiger partial charge in [0.25, 0.3) is 0 Å². The van der Waals surface area contributed by atoms with E-state index < -0.39 is 11.7 Å². The van der Waals surface area contributed by atoms with Gasteiger partial charge < -0.3 is 24.8 Å². The first kappa shape index (κ1) is 18.1. The molecule has 0 spiro atoms. The van der Waals surface area contributed by atoms with E-state index in [0.717, 1.165) is 17.1 Å². The van der Waals surface area contributed by atoms with Crippen LogP contribution in [0.3, 0.4) is 0 Å². The third-order valence-corrected chi connectivity index (χ3v) is 2.78. The Balaban J connectivity index is 2.32. The summed E-state index contributed by atoms with van der Waals surface area (Å²) in [6, 6.07) is 5.68. The highest BCUT2D eigenvalue weighted by Gasteiger charge is 2.15. The van der Waals surface area contributed by atoms with Gasteiger partial charge in [-0.3, -0.25) is 0 Å². The molecule has 0 aliphatic carbocycles. The van der Waals surface area contributed by atoms with Gasteiger partial charge in [-0.15, -0.1) is 0 Å². The van der Waals surface area contributed by atoms with E-state index in [1.54, 1.807) is 14.2 Å². The maximum atomic E-state index is 11.5. The van der Waals surface area contributed by atoms with Crippen molar-refractivity contribution in [2.45, 2.75) is 32.9 Å². The van der Waals surface area contributed by atoms with Crippen molar-refractivity contribution < 1.29 is 19.0 Å². The number of hydrogen-bond acceptors (Lipinski definition) is 5. The second-order valence-corrected chi connectivity index (χ2v) is 5.78. The van der Waals surface area contributed by atoms with Gasteiger partial charge in [-0.2, -0.15) is 0 Å². The fraction of sp³-hybridized carbons (Fsp3) is 0.562. The molecule has 0 heterocycles. The lowest BCUT2D eigenvalue weighted by Gasteiger charge is -2.19. The van der Waals surface area contributed by atoms with E-state index in [4.69, 9.17) is 14.2 Å². The summed E-state index contributed by atoms with van der Waals surface area (Å²) in [7, 11) is 3.25. The Morgan fingerprint density at radius 2 is 1.86 bits per heavy atom. The standard InChI is InChI=1S/C16H26N2O4/c1-16(2,3)22-15(19)18-9-8-17-11-12-6-7-13(20-4)10-14(12)21-5/h6-7,10,17H,8-9,11H2,1-5H3,(H,18,19). The molecule has 1 aromatic carbocycles. The first-order chi connectivity index (χ1) is 10.4. The third kappa shape index (κ3) is 6.67. The summed E-state index contributed by atoms with van der Waals surface area (Å²) >= 11 is 0. The van der Waals surface area contributed by atoms with Gasteiger partial charge in [-0.25, -0.2) is 4.79 Å². The van der Waals surface area contributed by atoms with E-state index in [9.17, 15) is 4.79 Å². The lowest BCUT2D eigenvalue weighted by molar-refractivity contribution is 0.0528. The monoisotopic (exact) mass is 310 g/mol. The summed E-state index contributed by atoms with van der Waals surface area (Å²) in [5, 5.41) is 5.94. The van der Waals surface area contributed by atoms with Crippen molar-refractivity contribution in [3.8, 4) is 11.5 Å². The Morgan fingerprint density at radius 1 is 1.14 bits per heavy atom. The number of methoxy groups -OCH3 is 2. The van der Waals surface area contributed by atoms with Crippen LogP contribution >= 0.6 is 0 Å². The fourth-order valence-electron chi connectivity index (χ4n) is 1.79. The van der Waals surface area contributed by atoms with Crippen LogP contribution in [0.2, 0.25) is 0 Å². The second-order valence-electron chi connectivity index (χ2n) is 5.78. The molecule has 0 aromatic heterocycles. The maximum Gasteiger partial charge on any atom is 0.407 e. The molecular formula is C16H26N2O4. The summed E-state index contributed by atoms with van der Waals surface area (Å²) in [6.07, 6.45) is -0.406. The molecule has 1 aromatic rings. The number of carbonyl (C=O) groups is 1. The van der Waals surface area contributed by atoms with Crippen molar-refractivity contribution >= 4 is 6.09 Å². The van der Waals surface area contributed by atoms with Crippen LogP contribution in [-0.2, 0) is 11.3 Å². The van der Waals surface area contributed by atoms with Crippen LogP contribution in [0.1, 0.15) is 26.3 Å². The van der Waals surface area contributed by atoms with E-state index in [1.165, 1.54) is 0 Å². The minimum atomic E-state index is -0.478. The SMILES string of the molecule is COc1ccc(CNCCNC(=O)OC(C)(C)C)c(OC)c1. The molecule has 0 saturated heterocycles. The average molecular weight is 310 g/mol. The molecule has 0 aliphatic rings. The molecule has 1 rings (SSSR count). The Labute approximate surface area is 132 Å². The third-order valence-electron chi connectivity index (χ3n) is 2.78. The van der Waals surface area contributed by atoms with Gasteiger partial charge in [0.1, 0.15) is 17.1 Å². The number of benzene rings is 1. The molecule has 6 nitrogen and oxygen atoms in total. The Kier molecular flexibility index (Phi) is 6.98. The maximum absolute atomic E-state index is 11.5. The zero-order valence-electron chi connectivity index (χ0n) is 14.0. The first-order valence-electron chi connectivity index (χ1n) is 7.24. The summed E-state index contributed by atoms with van der Waals surface area (Å²) in [5.74, 6) is 1.53. The number of ether oxygens (including phenoxy) is 3. The van der Waals surface area contributed by atoms with Crippen molar-refractivity contribution in [2.24, 2.45) is 0 Å². The minimum absolute atomic E-state index is 0.406. The predicted octanol–water partition coefficient (Wildman–Crippen LogP) is 2.32. The van der Waals surface area contributed by atoms with Gasteiger partial charge in [0.15, 0.2) is 0 Å². The van der Waals surface area contributed by atoms with Gasteiger partial charge in [-0.1, -0.05) is 6.07 Å². The van der Waals surface area contributed by atoms with Gasteiger partial charge >= 0.3 is 6.09 Å². The number of nitrogens with one attached hydrogen (secondary N) is 2. The van der Waals surface area contributed by atoms with Crippen LogP contribution in [0.15, 0.2) is 18.2 Å². The Hall–Kier alpha value is -1.95. The van der Waals surface area contributed by atoms with E-state index >= 15 is 0 Å². The minimum Gasteiger partial charge on any atom is -0.497 e. The van der Waals surface area contributed by atoms with E-state index in [-0.39, 0.29) is 0 Å². The smallest absolute Gasteiger partial charge is 0.407 e.